The first-order valence-corrected chi connectivity index (χ1v) is 10.3. The number of nitriles is 1. The van der Waals surface area contributed by atoms with Crippen LogP contribution in [0.25, 0.3) is 5.57 Å². The van der Waals surface area contributed by atoms with E-state index in [-0.39, 0.29) is 6.61 Å². The molecule has 0 aliphatic carbocycles. The van der Waals surface area contributed by atoms with Gasteiger partial charge in [0.15, 0.2) is 11.5 Å². The van der Waals surface area contributed by atoms with Gasteiger partial charge < -0.3 is 14.6 Å². The Bertz CT molecular complexity index is 1080. The Kier molecular flexibility index (Phi) is 7.13. The lowest BCUT2D eigenvalue weighted by Gasteiger charge is -2.31. The molecule has 0 bridgehead atoms. The van der Waals surface area contributed by atoms with Crippen LogP contribution < -0.4 is 9.47 Å². The number of aliphatic hydroxyl groups is 1. The number of hydrogen-bond donors (Lipinski definition) is 1. The lowest BCUT2D eigenvalue weighted by Crippen LogP contribution is -2.29. The number of aliphatic imine (C=N–C) groups is 1. The van der Waals surface area contributed by atoms with Crippen LogP contribution in [0.15, 0.2) is 53.5 Å². The molecule has 5 heteroatoms. The summed E-state index contributed by atoms with van der Waals surface area (Å²) in [4.78, 5) is 4.43. The fraction of sp³-hybridized carbons (Fsp3) is 0.308. The molecule has 1 aliphatic heterocycles. The SMILES string of the molecule is CCOc1cc(CC(C#N)C=Nc2ccccc2)cc2c1OC(C)(C)C=C2C#CCO. The van der Waals surface area contributed by atoms with Crippen LogP contribution >= 0.6 is 0 Å². The molecule has 0 fully saturated rings. The lowest BCUT2D eigenvalue weighted by molar-refractivity contribution is 0.149. The van der Waals surface area contributed by atoms with E-state index in [4.69, 9.17) is 14.6 Å². The van der Waals surface area contributed by atoms with Crippen LogP contribution in [0.5, 0.6) is 11.5 Å². The van der Waals surface area contributed by atoms with Crippen LogP contribution in [0.4, 0.5) is 5.69 Å². The lowest BCUT2D eigenvalue weighted by atomic mass is 9.91. The third kappa shape index (κ3) is 5.75. The molecule has 2 aromatic rings. The third-order valence-corrected chi connectivity index (χ3v) is 4.64. The van der Waals surface area contributed by atoms with Gasteiger partial charge in [0.1, 0.15) is 12.2 Å². The molecule has 1 atom stereocenters. The van der Waals surface area contributed by atoms with Gasteiger partial charge in [0.05, 0.1) is 24.3 Å². The van der Waals surface area contributed by atoms with Crippen LogP contribution in [0.3, 0.4) is 0 Å². The number of ether oxygens (including phenoxy) is 2. The molecule has 5 nitrogen and oxygen atoms in total. The molecule has 1 N–H and O–H groups in total. The van der Waals surface area contributed by atoms with E-state index >= 15 is 0 Å². The predicted molar refractivity (Wildman–Crippen MR) is 123 cm³/mol. The molecule has 158 valence electrons. The van der Waals surface area contributed by atoms with Crippen molar-refractivity contribution in [2.45, 2.75) is 32.8 Å². The maximum atomic E-state index is 9.65. The highest BCUT2D eigenvalue weighted by Crippen LogP contribution is 2.43. The number of fused-ring (bicyclic) bond motifs is 1. The summed E-state index contributed by atoms with van der Waals surface area (Å²) in [5.41, 5.74) is 2.75. The van der Waals surface area contributed by atoms with Crippen LogP contribution in [-0.4, -0.2) is 30.1 Å². The second kappa shape index (κ2) is 9.98. The Morgan fingerprint density at radius 2 is 2.03 bits per heavy atom. The van der Waals surface area contributed by atoms with Crippen molar-refractivity contribution in [3.05, 3.63) is 59.7 Å². The fourth-order valence-electron chi connectivity index (χ4n) is 3.38. The number of nitrogens with zero attached hydrogens (tertiary/aromatic N) is 2. The molecule has 2 aromatic carbocycles. The van der Waals surface area contributed by atoms with E-state index in [9.17, 15) is 5.26 Å². The van der Waals surface area contributed by atoms with Crippen LogP contribution in [0.1, 0.15) is 31.9 Å². The zero-order valence-corrected chi connectivity index (χ0v) is 18.1. The average Bonchev–Trinajstić information content (AvgIpc) is 2.76. The van der Waals surface area contributed by atoms with E-state index in [1.54, 1.807) is 6.21 Å². The maximum absolute atomic E-state index is 9.65. The summed E-state index contributed by atoms with van der Waals surface area (Å²) in [5.74, 6) is 6.61. The minimum atomic E-state index is -0.558. The molecular formula is C26H26N2O3. The summed E-state index contributed by atoms with van der Waals surface area (Å²) in [6.45, 7) is 6.08. The molecule has 0 saturated heterocycles. The van der Waals surface area contributed by atoms with Gasteiger partial charge in [-0.1, -0.05) is 30.0 Å². The molecule has 1 heterocycles. The second-order valence-corrected chi connectivity index (χ2v) is 7.68. The summed E-state index contributed by atoms with van der Waals surface area (Å²) in [6.07, 6.45) is 4.09. The normalized spacial score (nSPS) is 15.0. The highest BCUT2D eigenvalue weighted by Gasteiger charge is 2.29. The summed E-state index contributed by atoms with van der Waals surface area (Å²) in [5, 5.41) is 18.8. The van der Waals surface area contributed by atoms with E-state index in [0.717, 1.165) is 22.4 Å². The van der Waals surface area contributed by atoms with Crippen molar-refractivity contribution in [2.75, 3.05) is 13.2 Å². The first-order chi connectivity index (χ1) is 15.0. The van der Waals surface area contributed by atoms with Crippen LogP contribution in [-0.2, 0) is 6.42 Å². The van der Waals surface area contributed by atoms with Crippen molar-refractivity contribution in [3.8, 4) is 29.4 Å². The van der Waals surface area contributed by atoms with E-state index in [1.807, 2.05) is 69.3 Å². The predicted octanol–water partition coefficient (Wildman–Crippen LogP) is 4.72. The standard InChI is InChI=1S/C26H26N2O3/c1-4-30-24-15-19(13-20(17-27)18-28-22-10-6-5-7-11-22)14-23-21(9-8-12-29)16-26(2,3)31-25(23)24/h5-7,10-11,14-16,18,20,29H,4,12-13H2,1-3H3. The van der Waals surface area contributed by atoms with Crippen molar-refractivity contribution in [1.82, 2.24) is 0 Å². The van der Waals surface area contributed by atoms with Gasteiger partial charge >= 0.3 is 0 Å². The van der Waals surface area contributed by atoms with Crippen molar-refractivity contribution >= 4 is 17.5 Å². The van der Waals surface area contributed by atoms with Gasteiger partial charge in [0.25, 0.3) is 0 Å². The van der Waals surface area contributed by atoms with Crippen molar-refractivity contribution in [1.29, 1.82) is 5.26 Å². The van der Waals surface area contributed by atoms with Gasteiger partial charge in [-0.3, -0.25) is 4.99 Å². The number of benzene rings is 2. The summed E-state index contributed by atoms with van der Waals surface area (Å²) >= 11 is 0. The van der Waals surface area contributed by atoms with Gasteiger partial charge in [0, 0.05) is 17.4 Å². The first kappa shape index (κ1) is 22.2. The van der Waals surface area contributed by atoms with Crippen LogP contribution in [0.2, 0.25) is 0 Å². The minimum absolute atomic E-state index is 0.224. The number of rotatable bonds is 6. The Balaban J connectivity index is 1.97. The van der Waals surface area contributed by atoms with Gasteiger partial charge in [-0.15, -0.1) is 0 Å². The Morgan fingerprint density at radius 3 is 2.71 bits per heavy atom. The molecular weight excluding hydrogens is 388 g/mol. The van der Waals surface area contributed by atoms with Crippen molar-refractivity contribution < 1.29 is 14.6 Å². The number of aliphatic hydroxyl groups excluding tert-OH is 1. The molecule has 0 saturated carbocycles. The number of hydrogen-bond acceptors (Lipinski definition) is 5. The third-order valence-electron chi connectivity index (χ3n) is 4.64. The van der Waals surface area contributed by atoms with Gasteiger partial charge in [-0.25, -0.2) is 0 Å². The fourth-order valence-corrected chi connectivity index (χ4v) is 3.38. The summed E-state index contributed by atoms with van der Waals surface area (Å²) < 4.78 is 12.1. The zero-order chi connectivity index (χ0) is 22.3. The summed E-state index contributed by atoms with van der Waals surface area (Å²) in [6, 6.07) is 15.8. The molecule has 1 aliphatic rings. The molecule has 3 rings (SSSR count). The average molecular weight is 415 g/mol. The van der Waals surface area contributed by atoms with Crippen molar-refractivity contribution in [2.24, 2.45) is 10.9 Å². The Hall–Kier alpha value is -3.54. The molecule has 0 aromatic heterocycles. The van der Waals surface area contributed by atoms with E-state index < -0.39 is 11.5 Å². The summed E-state index contributed by atoms with van der Waals surface area (Å²) in [7, 11) is 0. The monoisotopic (exact) mass is 414 g/mol. The number of para-hydroxylation sites is 1. The smallest absolute Gasteiger partial charge is 0.170 e. The van der Waals surface area contributed by atoms with Gasteiger partial charge in [0.2, 0.25) is 0 Å². The van der Waals surface area contributed by atoms with Crippen LogP contribution in [0, 0.1) is 29.1 Å². The Labute approximate surface area is 183 Å². The maximum Gasteiger partial charge on any atom is 0.170 e. The topological polar surface area (TPSA) is 74.8 Å². The van der Waals surface area contributed by atoms with Gasteiger partial charge in [-0.05, 0) is 63.1 Å². The molecule has 1 unspecified atom stereocenters. The molecule has 0 spiro atoms. The van der Waals surface area contributed by atoms with Crippen molar-refractivity contribution in [3.63, 3.8) is 0 Å². The highest BCUT2D eigenvalue weighted by molar-refractivity contribution is 5.86. The molecule has 0 radical (unpaired) electrons. The second-order valence-electron chi connectivity index (χ2n) is 7.68. The van der Waals surface area contributed by atoms with E-state index in [2.05, 4.69) is 22.9 Å². The minimum Gasteiger partial charge on any atom is -0.490 e. The molecule has 0 amide bonds. The zero-order valence-electron chi connectivity index (χ0n) is 18.1. The molecule has 31 heavy (non-hydrogen) atoms. The first-order valence-electron chi connectivity index (χ1n) is 10.3. The van der Waals surface area contributed by atoms with E-state index in [1.165, 1.54) is 0 Å². The largest absolute Gasteiger partial charge is 0.490 e. The Morgan fingerprint density at radius 1 is 1.26 bits per heavy atom. The van der Waals surface area contributed by atoms with Gasteiger partial charge in [-0.2, -0.15) is 5.26 Å². The quantitative estimate of drug-likeness (QED) is 0.548. The number of allylic oxidation sites excluding steroid dienone is 1. The van der Waals surface area contributed by atoms with E-state index in [0.29, 0.717) is 24.5 Å². The highest BCUT2D eigenvalue weighted by atomic mass is 16.5.